The van der Waals surface area contributed by atoms with Crippen LogP contribution >= 0.6 is 0 Å². The number of anilines is 1. The molecule has 1 aliphatic rings. The maximum absolute atomic E-state index is 12.2. The molecule has 0 radical (unpaired) electrons. The molecule has 104 valence electrons. The molecule has 0 saturated carbocycles. The molecule has 8 heteroatoms. The Kier molecular flexibility index (Phi) is 3.98. The van der Waals surface area contributed by atoms with Gasteiger partial charge in [0, 0.05) is 32.6 Å². The van der Waals surface area contributed by atoms with Crippen LogP contribution in [0.4, 0.5) is 5.82 Å². The summed E-state index contributed by atoms with van der Waals surface area (Å²) in [4.78, 5) is 27.2. The predicted octanol–water partition coefficient (Wildman–Crippen LogP) is -0.264. The lowest BCUT2D eigenvalue weighted by atomic mass is 10.3. The van der Waals surface area contributed by atoms with Crippen LogP contribution in [-0.4, -0.2) is 58.1 Å². The monoisotopic (exact) mass is 267 g/mol. The fraction of sp³-hybridized carbons (Fsp3) is 0.636. The van der Waals surface area contributed by atoms with Crippen LogP contribution in [-0.2, 0) is 4.79 Å². The van der Waals surface area contributed by atoms with Gasteiger partial charge in [0.2, 0.25) is 17.4 Å². The summed E-state index contributed by atoms with van der Waals surface area (Å²) in [5.74, 6) is -0.197. The van der Waals surface area contributed by atoms with E-state index in [4.69, 9.17) is 5.73 Å². The van der Waals surface area contributed by atoms with Crippen LogP contribution < -0.4 is 5.73 Å². The average molecular weight is 267 g/mol. The van der Waals surface area contributed by atoms with Crippen LogP contribution in [0.3, 0.4) is 0 Å². The molecule has 1 saturated heterocycles. The van der Waals surface area contributed by atoms with Crippen molar-refractivity contribution < 1.29 is 14.2 Å². The van der Waals surface area contributed by atoms with E-state index in [0.29, 0.717) is 32.6 Å². The molecule has 0 atom stereocenters. The molecular weight excluding hydrogens is 250 g/mol. The van der Waals surface area contributed by atoms with Crippen LogP contribution in [0.2, 0.25) is 0 Å². The molecule has 2 N–H and O–H groups in total. The second-order valence-corrected chi connectivity index (χ2v) is 4.38. The standard InChI is InChI=1S/C11H17N5O3/c1-2-8(17)15-4-3-5-16(7-6-15)11(18)9-10(12)14-19-13-9/h2-7H2,1H3,(H2,12,14). The summed E-state index contributed by atoms with van der Waals surface area (Å²) in [6.07, 6.45) is 1.22. The van der Waals surface area contributed by atoms with Gasteiger partial charge in [0.15, 0.2) is 0 Å². The maximum atomic E-state index is 12.2. The zero-order valence-electron chi connectivity index (χ0n) is 10.8. The summed E-state index contributed by atoms with van der Waals surface area (Å²) in [5.41, 5.74) is 5.54. The number of nitrogen functional groups attached to an aromatic ring is 1. The van der Waals surface area contributed by atoms with E-state index < -0.39 is 0 Å². The van der Waals surface area contributed by atoms with E-state index in [1.807, 2.05) is 6.92 Å². The Balaban J connectivity index is 2.01. The average Bonchev–Trinajstić information content (AvgIpc) is 2.70. The van der Waals surface area contributed by atoms with Gasteiger partial charge in [-0.2, -0.15) is 0 Å². The summed E-state index contributed by atoms with van der Waals surface area (Å²) in [6, 6.07) is 0. The van der Waals surface area contributed by atoms with E-state index in [1.165, 1.54) is 0 Å². The molecule has 1 aliphatic heterocycles. The second-order valence-electron chi connectivity index (χ2n) is 4.38. The van der Waals surface area contributed by atoms with E-state index >= 15 is 0 Å². The van der Waals surface area contributed by atoms with Gasteiger partial charge in [-0.25, -0.2) is 4.63 Å². The van der Waals surface area contributed by atoms with Crippen molar-refractivity contribution in [1.29, 1.82) is 0 Å². The number of carbonyl (C=O) groups is 2. The first-order valence-electron chi connectivity index (χ1n) is 6.28. The smallest absolute Gasteiger partial charge is 0.280 e. The zero-order chi connectivity index (χ0) is 13.8. The molecule has 2 heterocycles. The third kappa shape index (κ3) is 2.83. The van der Waals surface area contributed by atoms with E-state index in [1.54, 1.807) is 9.80 Å². The number of aromatic nitrogens is 2. The quantitative estimate of drug-likeness (QED) is 0.791. The first kappa shape index (κ1) is 13.3. The van der Waals surface area contributed by atoms with Gasteiger partial charge in [0.1, 0.15) is 0 Å². The molecule has 0 aliphatic carbocycles. The molecule has 0 bridgehead atoms. The first-order valence-corrected chi connectivity index (χ1v) is 6.28. The topological polar surface area (TPSA) is 106 Å². The minimum absolute atomic E-state index is 0.00395. The molecule has 19 heavy (non-hydrogen) atoms. The Morgan fingerprint density at radius 2 is 1.89 bits per heavy atom. The maximum Gasteiger partial charge on any atom is 0.280 e. The minimum atomic E-state index is -0.301. The normalized spacial score (nSPS) is 16.3. The Labute approximate surface area is 110 Å². The molecule has 8 nitrogen and oxygen atoms in total. The van der Waals surface area contributed by atoms with Crippen LogP contribution in [0.15, 0.2) is 4.63 Å². The lowest BCUT2D eigenvalue weighted by Gasteiger charge is -2.21. The van der Waals surface area contributed by atoms with Crippen molar-refractivity contribution in [2.45, 2.75) is 19.8 Å². The molecule has 0 unspecified atom stereocenters. The number of nitrogens with two attached hydrogens (primary N) is 1. The summed E-state index contributed by atoms with van der Waals surface area (Å²) < 4.78 is 4.43. The van der Waals surface area contributed by atoms with Crippen molar-refractivity contribution in [3.05, 3.63) is 5.69 Å². The molecule has 2 amide bonds. The van der Waals surface area contributed by atoms with Gasteiger partial charge in [0.05, 0.1) is 0 Å². The molecule has 1 aromatic rings. The van der Waals surface area contributed by atoms with Crippen LogP contribution in [0.5, 0.6) is 0 Å². The van der Waals surface area contributed by atoms with Gasteiger partial charge in [-0.1, -0.05) is 6.92 Å². The van der Waals surface area contributed by atoms with Gasteiger partial charge in [-0.3, -0.25) is 9.59 Å². The third-order valence-corrected chi connectivity index (χ3v) is 3.15. The van der Waals surface area contributed by atoms with Crippen LogP contribution in [0.25, 0.3) is 0 Å². The fourth-order valence-corrected chi connectivity index (χ4v) is 2.09. The van der Waals surface area contributed by atoms with Crippen molar-refractivity contribution in [3.8, 4) is 0 Å². The molecule has 0 spiro atoms. The highest BCUT2D eigenvalue weighted by Crippen LogP contribution is 2.12. The number of hydrogen-bond donors (Lipinski definition) is 1. The van der Waals surface area contributed by atoms with Gasteiger partial charge >= 0.3 is 0 Å². The third-order valence-electron chi connectivity index (χ3n) is 3.15. The Hall–Kier alpha value is -2.12. The van der Waals surface area contributed by atoms with Crippen LogP contribution in [0, 0.1) is 0 Å². The predicted molar refractivity (Wildman–Crippen MR) is 66.1 cm³/mol. The summed E-state index contributed by atoms with van der Waals surface area (Å²) >= 11 is 0. The van der Waals surface area contributed by atoms with Gasteiger partial charge < -0.3 is 15.5 Å². The van der Waals surface area contributed by atoms with Gasteiger partial charge in [-0.15, -0.1) is 0 Å². The van der Waals surface area contributed by atoms with E-state index in [0.717, 1.165) is 6.42 Å². The number of rotatable bonds is 2. The SMILES string of the molecule is CCC(=O)N1CCCN(C(=O)c2nonc2N)CC1. The molecule has 1 fully saturated rings. The second kappa shape index (κ2) is 5.68. The number of amides is 2. The lowest BCUT2D eigenvalue weighted by molar-refractivity contribution is -0.130. The van der Waals surface area contributed by atoms with Crippen molar-refractivity contribution in [1.82, 2.24) is 20.1 Å². The number of carbonyl (C=O) groups excluding carboxylic acids is 2. The van der Waals surface area contributed by atoms with E-state index in [-0.39, 0.29) is 23.3 Å². The van der Waals surface area contributed by atoms with Crippen molar-refractivity contribution in [2.24, 2.45) is 0 Å². The van der Waals surface area contributed by atoms with E-state index in [2.05, 4.69) is 14.9 Å². The number of nitrogens with zero attached hydrogens (tertiary/aromatic N) is 4. The minimum Gasteiger partial charge on any atom is -0.379 e. The van der Waals surface area contributed by atoms with Crippen molar-refractivity contribution in [3.63, 3.8) is 0 Å². The van der Waals surface area contributed by atoms with Gasteiger partial charge in [0.25, 0.3) is 5.91 Å². The summed E-state index contributed by atoms with van der Waals surface area (Å²) in [7, 11) is 0. The van der Waals surface area contributed by atoms with E-state index in [9.17, 15) is 9.59 Å². The summed E-state index contributed by atoms with van der Waals surface area (Å²) in [6.45, 7) is 4.07. The van der Waals surface area contributed by atoms with Crippen molar-refractivity contribution >= 4 is 17.6 Å². The highest BCUT2D eigenvalue weighted by atomic mass is 16.6. The van der Waals surface area contributed by atoms with Crippen molar-refractivity contribution in [2.75, 3.05) is 31.9 Å². The molecule has 0 aromatic carbocycles. The van der Waals surface area contributed by atoms with Gasteiger partial charge in [-0.05, 0) is 16.7 Å². The lowest BCUT2D eigenvalue weighted by Crippen LogP contribution is -2.37. The van der Waals surface area contributed by atoms with Crippen LogP contribution in [0.1, 0.15) is 30.3 Å². The zero-order valence-corrected chi connectivity index (χ0v) is 10.8. The Bertz CT molecular complexity index is 473. The number of hydrogen-bond acceptors (Lipinski definition) is 6. The highest BCUT2D eigenvalue weighted by Gasteiger charge is 2.25. The largest absolute Gasteiger partial charge is 0.379 e. The Morgan fingerprint density at radius 1 is 1.21 bits per heavy atom. The molecule has 2 rings (SSSR count). The Morgan fingerprint density at radius 3 is 2.53 bits per heavy atom. The fourth-order valence-electron chi connectivity index (χ4n) is 2.09. The molecular formula is C11H17N5O3. The first-order chi connectivity index (χ1) is 9.13. The summed E-state index contributed by atoms with van der Waals surface area (Å²) in [5, 5.41) is 6.90. The molecule has 1 aromatic heterocycles. The highest BCUT2D eigenvalue weighted by molar-refractivity contribution is 5.96.